The number of nitrogens with one attached hydrogen (secondary N) is 1. The number of amides is 1. The van der Waals surface area contributed by atoms with Crippen LogP contribution in [0.15, 0.2) is 0 Å². The zero-order valence-electron chi connectivity index (χ0n) is 12.4. The molecule has 3 saturated heterocycles. The lowest BCUT2D eigenvalue weighted by Crippen LogP contribution is -2.62. The fourth-order valence-corrected chi connectivity index (χ4v) is 3.96. The van der Waals surface area contributed by atoms with Crippen LogP contribution in [0, 0.1) is 5.41 Å². The molecular weight excluding hydrogens is 240 g/mol. The Morgan fingerprint density at radius 2 is 1.74 bits per heavy atom. The predicted octanol–water partition coefficient (Wildman–Crippen LogP) is 2.53. The molecule has 0 aromatic carbocycles. The van der Waals surface area contributed by atoms with Crippen LogP contribution in [0.25, 0.3) is 0 Å². The molecule has 2 bridgehead atoms. The number of hydrogen-bond acceptors (Lipinski definition) is 3. The normalized spacial score (nSPS) is 32.9. The van der Waals surface area contributed by atoms with Crippen LogP contribution in [0.5, 0.6) is 0 Å². The summed E-state index contributed by atoms with van der Waals surface area (Å²) in [7, 11) is 0. The molecule has 0 radical (unpaired) electrons. The third-order valence-electron chi connectivity index (χ3n) is 4.88. The van der Waals surface area contributed by atoms with E-state index < -0.39 is 0 Å². The number of ether oxygens (including phenoxy) is 1. The summed E-state index contributed by atoms with van der Waals surface area (Å²) in [5.41, 5.74) is 0.125. The summed E-state index contributed by atoms with van der Waals surface area (Å²) in [5.74, 6) is 0. The van der Waals surface area contributed by atoms with E-state index in [1.165, 1.54) is 19.3 Å². The highest BCUT2D eigenvalue weighted by atomic mass is 16.6. The minimum absolute atomic E-state index is 0.138. The summed E-state index contributed by atoms with van der Waals surface area (Å²) in [5, 5.41) is 3.61. The van der Waals surface area contributed by atoms with Gasteiger partial charge in [0.1, 0.15) is 5.60 Å². The number of likely N-dealkylation sites (tertiary alicyclic amines) is 1. The Labute approximate surface area is 115 Å². The van der Waals surface area contributed by atoms with E-state index >= 15 is 0 Å². The summed E-state index contributed by atoms with van der Waals surface area (Å²) >= 11 is 0. The Balaban J connectivity index is 1.53. The molecule has 0 aromatic rings. The van der Waals surface area contributed by atoms with Gasteiger partial charge in [-0.1, -0.05) is 0 Å². The summed E-state index contributed by atoms with van der Waals surface area (Å²) in [6.07, 6.45) is 6.16. The van der Waals surface area contributed by atoms with Gasteiger partial charge in [0.05, 0.1) is 0 Å². The van der Waals surface area contributed by atoms with E-state index in [0.717, 1.165) is 38.0 Å². The SMILES string of the molecule is CC(C)(C)OC(=O)N1CCC2(CC1)CC1CC(C2)N1. The van der Waals surface area contributed by atoms with Gasteiger partial charge in [-0.05, 0) is 58.3 Å². The Morgan fingerprint density at radius 1 is 1.21 bits per heavy atom. The van der Waals surface area contributed by atoms with E-state index in [-0.39, 0.29) is 11.7 Å². The maximum absolute atomic E-state index is 12.0. The van der Waals surface area contributed by atoms with E-state index in [9.17, 15) is 4.79 Å². The molecule has 4 aliphatic rings. The first-order chi connectivity index (χ1) is 8.85. The summed E-state index contributed by atoms with van der Waals surface area (Å²) in [6.45, 7) is 7.52. The molecule has 1 N–H and O–H groups in total. The minimum Gasteiger partial charge on any atom is -0.444 e. The van der Waals surface area contributed by atoms with Gasteiger partial charge in [-0.15, -0.1) is 0 Å². The Hall–Kier alpha value is -0.770. The highest BCUT2D eigenvalue weighted by molar-refractivity contribution is 5.68. The van der Waals surface area contributed by atoms with Crippen molar-refractivity contribution < 1.29 is 9.53 Å². The summed E-state index contributed by atoms with van der Waals surface area (Å²) in [4.78, 5) is 13.9. The second-order valence-electron chi connectivity index (χ2n) is 7.67. The molecular formula is C15H26N2O2. The lowest BCUT2D eigenvalue weighted by Gasteiger charge is -2.55. The van der Waals surface area contributed by atoms with Crippen LogP contribution in [0.3, 0.4) is 0 Å². The molecule has 1 amide bonds. The number of nitrogens with zero attached hydrogens (tertiary/aromatic N) is 1. The zero-order chi connectivity index (χ0) is 13.7. The molecule has 3 aliphatic heterocycles. The van der Waals surface area contributed by atoms with Crippen LogP contribution in [0.2, 0.25) is 0 Å². The van der Waals surface area contributed by atoms with Gasteiger partial charge in [0.25, 0.3) is 0 Å². The van der Waals surface area contributed by atoms with Crippen molar-refractivity contribution in [2.24, 2.45) is 5.41 Å². The van der Waals surface area contributed by atoms with Crippen molar-refractivity contribution in [1.82, 2.24) is 10.2 Å². The van der Waals surface area contributed by atoms with E-state index in [0.29, 0.717) is 5.41 Å². The second kappa shape index (κ2) is 4.37. The number of carbonyl (C=O) groups excluding carboxylic acids is 1. The number of carbonyl (C=O) groups is 1. The van der Waals surface area contributed by atoms with Gasteiger partial charge >= 0.3 is 6.09 Å². The highest BCUT2D eigenvalue weighted by Gasteiger charge is 2.48. The lowest BCUT2D eigenvalue weighted by atomic mass is 9.61. The van der Waals surface area contributed by atoms with Gasteiger partial charge in [-0.2, -0.15) is 0 Å². The molecule has 2 unspecified atom stereocenters. The quantitative estimate of drug-likeness (QED) is 0.732. The first-order valence-corrected chi connectivity index (χ1v) is 7.59. The largest absolute Gasteiger partial charge is 0.444 e. The molecule has 1 spiro atoms. The molecule has 3 heterocycles. The molecule has 4 nitrogen and oxygen atoms in total. The first-order valence-electron chi connectivity index (χ1n) is 7.59. The van der Waals surface area contributed by atoms with Crippen molar-refractivity contribution >= 4 is 6.09 Å². The fourth-order valence-electron chi connectivity index (χ4n) is 3.96. The lowest BCUT2D eigenvalue weighted by molar-refractivity contribution is -0.0203. The maximum Gasteiger partial charge on any atom is 0.410 e. The van der Waals surface area contributed by atoms with Gasteiger partial charge in [-0.3, -0.25) is 0 Å². The van der Waals surface area contributed by atoms with Gasteiger partial charge < -0.3 is 15.0 Å². The molecule has 4 fully saturated rings. The van der Waals surface area contributed by atoms with Crippen LogP contribution in [0.4, 0.5) is 4.79 Å². The van der Waals surface area contributed by atoms with Crippen molar-refractivity contribution in [2.45, 2.75) is 70.6 Å². The van der Waals surface area contributed by atoms with E-state index in [4.69, 9.17) is 4.74 Å². The van der Waals surface area contributed by atoms with E-state index in [2.05, 4.69) is 5.32 Å². The molecule has 19 heavy (non-hydrogen) atoms. The van der Waals surface area contributed by atoms with Crippen LogP contribution >= 0.6 is 0 Å². The summed E-state index contributed by atoms with van der Waals surface area (Å²) < 4.78 is 5.46. The standard InChI is InChI=1S/C15H26N2O2/c1-14(2,3)19-13(18)17-6-4-15(5-7-17)9-11-8-12(10-15)16-11/h11-12,16H,4-10H2,1-3H3. The average Bonchev–Trinajstić information content (AvgIpc) is 2.26. The molecule has 0 aromatic heterocycles. The molecule has 1 saturated carbocycles. The zero-order valence-corrected chi connectivity index (χ0v) is 12.4. The third-order valence-corrected chi connectivity index (χ3v) is 4.88. The van der Waals surface area contributed by atoms with Gasteiger partial charge in [0.15, 0.2) is 0 Å². The van der Waals surface area contributed by atoms with E-state index in [1.807, 2.05) is 25.7 Å². The fraction of sp³-hybridized carbons (Fsp3) is 0.933. The molecule has 4 rings (SSSR count). The van der Waals surface area contributed by atoms with Crippen LogP contribution < -0.4 is 5.32 Å². The van der Waals surface area contributed by atoms with Crippen LogP contribution in [0.1, 0.15) is 52.9 Å². The monoisotopic (exact) mass is 266 g/mol. The molecule has 1 aliphatic carbocycles. The van der Waals surface area contributed by atoms with Gasteiger partial charge in [0, 0.05) is 25.2 Å². The van der Waals surface area contributed by atoms with Crippen molar-refractivity contribution in [3.05, 3.63) is 0 Å². The molecule has 4 heteroatoms. The Morgan fingerprint density at radius 3 is 2.21 bits per heavy atom. The third kappa shape index (κ3) is 2.73. The topological polar surface area (TPSA) is 41.6 Å². The van der Waals surface area contributed by atoms with Gasteiger partial charge in [-0.25, -0.2) is 4.79 Å². The molecule has 2 atom stereocenters. The number of hydrogen-bond donors (Lipinski definition) is 1. The maximum atomic E-state index is 12.0. The first kappa shape index (κ1) is 13.2. The second-order valence-corrected chi connectivity index (χ2v) is 7.67. The Bertz CT molecular complexity index is 349. The predicted molar refractivity (Wildman–Crippen MR) is 74.0 cm³/mol. The average molecular weight is 266 g/mol. The van der Waals surface area contributed by atoms with Gasteiger partial charge in [0.2, 0.25) is 0 Å². The highest BCUT2D eigenvalue weighted by Crippen LogP contribution is 2.48. The van der Waals surface area contributed by atoms with Crippen LogP contribution in [-0.2, 0) is 4.74 Å². The smallest absolute Gasteiger partial charge is 0.410 e. The van der Waals surface area contributed by atoms with Crippen LogP contribution in [-0.4, -0.2) is 41.8 Å². The Kier molecular flexibility index (Phi) is 3.04. The van der Waals surface area contributed by atoms with Crippen molar-refractivity contribution in [3.8, 4) is 0 Å². The van der Waals surface area contributed by atoms with Crippen molar-refractivity contribution in [3.63, 3.8) is 0 Å². The van der Waals surface area contributed by atoms with Crippen molar-refractivity contribution in [1.29, 1.82) is 0 Å². The number of piperidine rings is 2. The number of rotatable bonds is 0. The summed E-state index contributed by atoms with van der Waals surface area (Å²) in [6, 6.07) is 1.51. The van der Waals surface area contributed by atoms with E-state index in [1.54, 1.807) is 0 Å². The molecule has 108 valence electrons. The minimum atomic E-state index is -0.386. The van der Waals surface area contributed by atoms with Crippen molar-refractivity contribution in [2.75, 3.05) is 13.1 Å².